The van der Waals surface area contributed by atoms with E-state index < -0.39 is 0 Å². The smallest absolute Gasteiger partial charge is 0.254 e. The van der Waals surface area contributed by atoms with Crippen LogP contribution in [0.3, 0.4) is 0 Å². The molecule has 1 heterocycles. The van der Waals surface area contributed by atoms with E-state index in [1.165, 1.54) is 0 Å². The Morgan fingerprint density at radius 2 is 2.22 bits per heavy atom. The van der Waals surface area contributed by atoms with E-state index in [2.05, 4.69) is 38.8 Å². The summed E-state index contributed by atoms with van der Waals surface area (Å²) in [4.78, 5) is 14.6. The van der Waals surface area contributed by atoms with Crippen LogP contribution in [-0.4, -0.2) is 28.7 Å². The molecule has 2 rings (SSSR count). The maximum Gasteiger partial charge on any atom is 0.254 e. The highest BCUT2D eigenvalue weighted by atomic mass is 79.9. The molecule has 0 bridgehead atoms. The number of carbonyl (C=O) groups is 1. The molecule has 0 N–H and O–H groups in total. The summed E-state index contributed by atoms with van der Waals surface area (Å²) >= 11 is 6.96. The Morgan fingerprint density at radius 1 is 1.50 bits per heavy atom. The number of nitrogens with zero attached hydrogens (tertiary/aromatic N) is 1. The van der Waals surface area contributed by atoms with Crippen LogP contribution in [0.1, 0.15) is 29.3 Å². The highest BCUT2D eigenvalue weighted by Crippen LogP contribution is 2.28. The number of carbonyl (C=O) groups excluding carboxylic acids is 1. The molecule has 4 heteroatoms. The number of halogens is 2. The summed E-state index contributed by atoms with van der Waals surface area (Å²) in [5, 5.41) is 0.854. The van der Waals surface area contributed by atoms with Crippen LogP contribution in [0.15, 0.2) is 22.7 Å². The van der Waals surface area contributed by atoms with Crippen LogP contribution in [0, 0.1) is 12.8 Å². The van der Waals surface area contributed by atoms with Crippen molar-refractivity contribution in [2.75, 3.05) is 11.9 Å². The quantitative estimate of drug-likeness (QED) is 0.716. The molecule has 2 unspecified atom stereocenters. The molecule has 0 aromatic heterocycles. The SMILES string of the molecule is Cc1ccc(Br)cc1C(=O)N1CCC(C)C1CBr. The van der Waals surface area contributed by atoms with Crippen molar-refractivity contribution in [3.63, 3.8) is 0 Å². The lowest BCUT2D eigenvalue weighted by atomic mass is 10.0. The topological polar surface area (TPSA) is 20.3 Å². The Labute approximate surface area is 125 Å². The fourth-order valence-electron chi connectivity index (χ4n) is 2.47. The summed E-state index contributed by atoms with van der Waals surface area (Å²) in [5.41, 5.74) is 1.85. The number of benzene rings is 1. The van der Waals surface area contributed by atoms with E-state index >= 15 is 0 Å². The van der Waals surface area contributed by atoms with E-state index in [0.29, 0.717) is 12.0 Å². The largest absolute Gasteiger partial charge is 0.335 e. The second kappa shape index (κ2) is 5.74. The molecule has 1 aromatic rings. The Morgan fingerprint density at radius 3 is 2.89 bits per heavy atom. The van der Waals surface area contributed by atoms with Crippen molar-refractivity contribution in [3.8, 4) is 0 Å². The van der Waals surface area contributed by atoms with Crippen LogP contribution in [0.4, 0.5) is 0 Å². The van der Waals surface area contributed by atoms with Crippen LogP contribution in [-0.2, 0) is 0 Å². The zero-order chi connectivity index (χ0) is 13.3. The molecule has 0 saturated carbocycles. The highest BCUT2D eigenvalue weighted by Gasteiger charge is 2.34. The molecule has 0 aliphatic carbocycles. The van der Waals surface area contributed by atoms with Gasteiger partial charge < -0.3 is 4.90 Å². The monoisotopic (exact) mass is 373 g/mol. The van der Waals surface area contributed by atoms with Gasteiger partial charge in [0, 0.05) is 28.0 Å². The van der Waals surface area contributed by atoms with Crippen LogP contribution < -0.4 is 0 Å². The van der Waals surface area contributed by atoms with Gasteiger partial charge in [-0.25, -0.2) is 0 Å². The second-order valence-electron chi connectivity index (χ2n) is 4.95. The minimum Gasteiger partial charge on any atom is -0.335 e. The Bertz CT molecular complexity index is 461. The molecular weight excluding hydrogens is 358 g/mol. The molecule has 2 nitrogen and oxygen atoms in total. The molecule has 0 radical (unpaired) electrons. The predicted molar refractivity (Wildman–Crippen MR) is 81.3 cm³/mol. The van der Waals surface area contributed by atoms with Crippen molar-refractivity contribution in [1.82, 2.24) is 4.90 Å². The van der Waals surface area contributed by atoms with Crippen molar-refractivity contribution in [2.24, 2.45) is 5.92 Å². The van der Waals surface area contributed by atoms with E-state index in [-0.39, 0.29) is 5.91 Å². The maximum atomic E-state index is 12.6. The first-order chi connectivity index (χ1) is 8.54. The molecule has 1 aromatic carbocycles. The number of rotatable bonds is 2. The number of amides is 1. The van der Waals surface area contributed by atoms with E-state index in [1.54, 1.807) is 0 Å². The van der Waals surface area contributed by atoms with Crippen molar-refractivity contribution in [1.29, 1.82) is 0 Å². The summed E-state index contributed by atoms with van der Waals surface area (Å²) < 4.78 is 0.957. The average Bonchev–Trinajstić information content (AvgIpc) is 2.72. The maximum absolute atomic E-state index is 12.6. The predicted octanol–water partition coefficient (Wildman–Crippen LogP) is 4.00. The summed E-state index contributed by atoms with van der Waals surface area (Å²) in [6.07, 6.45) is 1.09. The minimum atomic E-state index is 0.155. The van der Waals surface area contributed by atoms with Gasteiger partial charge in [0.2, 0.25) is 0 Å². The lowest BCUT2D eigenvalue weighted by Gasteiger charge is -2.26. The Kier molecular flexibility index (Phi) is 4.49. The van der Waals surface area contributed by atoms with Crippen molar-refractivity contribution < 1.29 is 4.79 Å². The third-order valence-electron chi connectivity index (χ3n) is 3.73. The van der Waals surface area contributed by atoms with Gasteiger partial charge in [-0.05, 0) is 37.0 Å². The van der Waals surface area contributed by atoms with Gasteiger partial charge >= 0.3 is 0 Å². The van der Waals surface area contributed by atoms with Crippen LogP contribution in [0.5, 0.6) is 0 Å². The number of hydrogen-bond acceptors (Lipinski definition) is 1. The zero-order valence-corrected chi connectivity index (χ0v) is 13.8. The molecular formula is C14H17Br2NO. The summed E-state index contributed by atoms with van der Waals surface area (Å²) in [6.45, 7) is 5.07. The normalized spacial score (nSPS) is 23.4. The molecule has 1 aliphatic heterocycles. The lowest BCUT2D eigenvalue weighted by Crippen LogP contribution is -2.38. The molecule has 0 spiro atoms. The summed E-state index contributed by atoms with van der Waals surface area (Å²) in [6, 6.07) is 6.20. The van der Waals surface area contributed by atoms with E-state index in [0.717, 1.165) is 33.9 Å². The fourth-order valence-corrected chi connectivity index (χ4v) is 3.82. The Balaban J connectivity index is 2.28. The molecule has 1 amide bonds. The minimum absolute atomic E-state index is 0.155. The number of alkyl halides is 1. The standard InChI is InChI=1S/C14H17Br2NO/c1-9-3-4-11(16)7-12(9)14(18)17-6-5-10(2)13(17)8-15/h3-4,7,10,13H,5-6,8H2,1-2H3. The van der Waals surface area contributed by atoms with Crippen LogP contribution >= 0.6 is 31.9 Å². The van der Waals surface area contributed by atoms with Crippen molar-refractivity contribution in [3.05, 3.63) is 33.8 Å². The number of aryl methyl sites for hydroxylation is 1. The van der Waals surface area contributed by atoms with Gasteiger partial charge in [0.15, 0.2) is 0 Å². The first-order valence-electron chi connectivity index (χ1n) is 6.17. The molecule has 1 aliphatic rings. The van der Waals surface area contributed by atoms with Gasteiger partial charge in [0.1, 0.15) is 0 Å². The van der Waals surface area contributed by atoms with E-state index in [1.807, 2.05) is 30.0 Å². The van der Waals surface area contributed by atoms with Gasteiger partial charge in [-0.15, -0.1) is 0 Å². The van der Waals surface area contributed by atoms with E-state index in [4.69, 9.17) is 0 Å². The average molecular weight is 375 g/mol. The molecule has 1 saturated heterocycles. The third kappa shape index (κ3) is 2.64. The summed E-state index contributed by atoms with van der Waals surface area (Å²) in [7, 11) is 0. The summed E-state index contributed by atoms with van der Waals surface area (Å²) in [5.74, 6) is 0.725. The van der Waals surface area contributed by atoms with Gasteiger partial charge in [-0.3, -0.25) is 4.79 Å². The van der Waals surface area contributed by atoms with Gasteiger partial charge in [0.25, 0.3) is 5.91 Å². The van der Waals surface area contributed by atoms with Crippen LogP contribution in [0.2, 0.25) is 0 Å². The Hall–Kier alpha value is -0.350. The molecule has 18 heavy (non-hydrogen) atoms. The zero-order valence-electron chi connectivity index (χ0n) is 10.6. The number of hydrogen-bond donors (Lipinski definition) is 0. The van der Waals surface area contributed by atoms with E-state index in [9.17, 15) is 4.79 Å². The third-order valence-corrected chi connectivity index (χ3v) is 4.89. The fraction of sp³-hybridized carbons (Fsp3) is 0.500. The highest BCUT2D eigenvalue weighted by molar-refractivity contribution is 9.10. The first-order valence-corrected chi connectivity index (χ1v) is 8.09. The molecule has 2 atom stereocenters. The molecule has 98 valence electrons. The molecule has 1 fully saturated rings. The van der Waals surface area contributed by atoms with Gasteiger partial charge in [0.05, 0.1) is 0 Å². The number of likely N-dealkylation sites (tertiary alicyclic amines) is 1. The van der Waals surface area contributed by atoms with Crippen molar-refractivity contribution in [2.45, 2.75) is 26.3 Å². The van der Waals surface area contributed by atoms with Gasteiger partial charge in [-0.2, -0.15) is 0 Å². The van der Waals surface area contributed by atoms with Crippen LogP contribution in [0.25, 0.3) is 0 Å². The second-order valence-corrected chi connectivity index (χ2v) is 6.51. The first kappa shape index (κ1) is 14.1. The lowest BCUT2D eigenvalue weighted by molar-refractivity contribution is 0.0738. The van der Waals surface area contributed by atoms with Gasteiger partial charge in [-0.1, -0.05) is 44.8 Å². The van der Waals surface area contributed by atoms with Crippen molar-refractivity contribution >= 4 is 37.8 Å².